The zero-order valence-electron chi connectivity index (χ0n) is 6.79. The molecule has 0 aliphatic carbocycles. The van der Waals surface area contributed by atoms with E-state index in [1.165, 1.54) is 0 Å². The van der Waals surface area contributed by atoms with E-state index in [1.807, 2.05) is 13.0 Å². The molecule has 0 spiro atoms. The van der Waals surface area contributed by atoms with E-state index in [0.29, 0.717) is 11.4 Å². The summed E-state index contributed by atoms with van der Waals surface area (Å²) in [5.74, 6) is 0.187. The van der Waals surface area contributed by atoms with E-state index in [4.69, 9.17) is 16.9 Å². The van der Waals surface area contributed by atoms with Gasteiger partial charge in [-0.05, 0) is 12.1 Å². The lowest BCUT2D eigenvalue weighted by atomic mass is 10.0. The van der Waals surface area contributed by atoms with Crippen LogP contribution in [0.1, 0.15) is 25.0 Å². The van der Waals surface area contributed by atoms with Gasteiger partial charge in [0.25, 0.3) is 0 Å². The molecule has 0 saturated heterocycles. The number of aromatic nitrogens is 1. The van der Waals surface area contributed by atoms with Crippen LogP contribution in [-0.4, -0.2) is 4.98 Å². The number of nitrogens with zero attached hydrogens (tertiary/aromatic N) is 2. The van der Waals surface area contributed by atoms with Gasteiger partial charge in [0.05, 0.1) is 11.1 Å². The number of rotatable bonds is 2. The van der Waals surface area contributed by atoms with Crippen molar-refractivity contribution in [1.29, 1.82) is 5.26 Å². The molecular formula is C9H9ClN2. The molecule has 0 amide bonds. The van der Waals surface area contributed by atoms with Crippen LogP contribution < -0.4 is 0 Å². The van der Waals surface area contributed by atoms with Crippen LogP contribution in [0.15, 0.2) is 18.3 Å². The second-order valence-corrected chi connectivity index (χ2v) is 3.10. The molecule has 1 unspecified atom stereocenters. The lowest BCUT2D eigenvalue weighted by molar-refractivity contribution is 0.757. The van der Waals surface area contributed by atoms with Crippen LogP contribution in [0, 0.1) is 11.3 Å². The van der Waals surface area contributed by atoms with Gasteiger partial charge in [0.1, 0.15) is 0 Å². The van der Waals surface area contributed by atoms with E-state index in [2.05, 4.69) is 11.1 Å². The highest BCUT2D eigenvalue weighted by molar-refractivity contribution is 6.30. The standard InChI is InChI=1S/C9H9ClN2/c1-7(4-5-11)9-3-2-8(10)6-12-9/h2-3,6-7H,4H2,1H3. The highest BCUT2D eigenvalue weighted by Crippen LogP contribution is 2.17. The summed E-state index contributed by atoms with van der Waals surface area (Å²) in [6.45, 7) is 1.97. The molecule has 1 aromatic heterocycles. The van der Waals surface area contributed by atoms with E-state index in [-0.39, 0.29) is 5.92 Å². The molecule has 0 radical (unpaired) electrons. The first-order valence-electron chi connectivity index (χ1n) is 3.72. The molecule has 0 aliphatic heterocycles. The topological polar surface area (TPSA) is 36.7 Å². The van der Waals surface area contributed by atoms with Crippen molar-refractivity contribution in [3.8, 4) is 6.07 Å². The molecule has 0 bridgehead atoms. The molecule has 0 N–H and O–H groups in total. The average Bonchev–Trinajstić information content (AvgIpc) is 2.06. The Hall–Kier alpha value is -1.07. The highest BCUT2D eigenvalue weighted by Gasteiger charge is 2.04. The summed E-state index contributed by atoms with van der Waals surface area (Å²) in [5, 5.41) is 9.08. The Kier molecular flexibility index (Phi) is 3.07. The SMILES string of the molecule is CC(CC#N)c1ccc(Cl)cn1. The van der Waals surface area contributed by atoms with Gasteiger partial charge in [-0.1, -0.05) is 18.5 Å². The van der Waals surface area contributed by atoms with Crippen molar-refractivity contribution in [2.24, 2.45) is 0 Å². The Morgan fingerprint density at radius 3 is 2.92 bits per heavy atom. The molecule has 62 valence electrons. The number of halogens is 1. The maximum absolute atomic E-state index is 8.45. The van der Waals surface area contributed by atoms with E-state index in [0.717, 1.165) is 5.69 Å². The summed E-state index contributed by atoms with van der Waals surface area (Å²) in [7, 11) is 0. The monoisotopic (exact) mass is 180 g/mol. The first-order chi connectivity index (χ1) is 5.74. The molecule has 2 nitrogen and oxygen atoms in total. The van der Waals surface area contributed by atoms with Crippen molar-refractivity contribution in [3.63, 3.8) is 0 Å². The largest absolute Gasteiger partial charge is 0.259 e. The fraction of sp³-hybridized carbons (Fsp3) is 0.333. The minimum atomic E-state index is 0.187. The van der Waals surface area contributed by atoms with E-state index >= 15 is 0 Å². The molecular weight excluding hydrogens is 172 g/mol. The second-order valence-electron chi connectivity index (χ2n) is 2.66. The summed E-state index contributed by atoms with van der Waals surface area (Å²) in [6, 6.07) is 5.75. The number of hydrogen-bond acceptors (Lipinski definition) is 2. The molecule has 0 saturated carbocycles. The summed E-state index contributed by atoms with van der Waals surface area (Å²) >= 11 is 5.67. The maximum Gasteiger partial charge on any atom is 0.0628 e. The Morgan fingerprint density at radius 2 is 2.42 bits per heavy atom. The average molecular weight is 181 g/mol. The lowest BCUT2D eigenvalue weighted by Gasteiger charge is -2.04. The van der Waals surface area contributed by atoms with Crippen LogP contribution in [-0.2, 0) is 0 Å². The van der Waals surface area contributed by atoms with Gasteiger partial charge in [-0.15, -0.1) is 0 Å². The third-order valence-corrected chi connectivity index (χ3v) is 1.88. The molecule has 12 heavy (non-hydrogen) atoms. The van der Waals surface area contributed by atoms with Crippen LogP contribution in [0.2, 0.25) is 5.02 Å². The third-order valence-electron chi connectivity index (χ3n) is 1.65. The zero-order chi connectivity index (χ0) is 8.97. The van der Waals surface area contributed by atoms with Crippen LogP contribution >= 0.6 is 11.6 Å². The maximum atomic E-state index is 8.45. The molecule has 1 atom stereocenters. The van der Waals surface area contributed by atoms with Gasteiger partial charge in [-0.3, -0.25) is 4.98 Å². The van der Waals surface area contributed by atoms with E-state index in [1.54, 1.807) is 12.3 Å². The summed E-state index contributed by atoms with van der Waals surface area (Å²) in [4.78, 5) is 4.11. The summed E-state index contributed by atoms with van der Waals surface area (Å²) < 4.78 is 0. The first-order valence-corrected chi connectivity index (χ1v) is 4.10. The van der Waals surface area contributed by atoms with Gasteiger partial charge in [-0.25, -0.2) is 0 Å². The second kappa shape index (κ2) is 4.08. The van der Waals surface area contributed by atoms with Crippen molar-refractivity contribution in [3.05, 3.63) is 29.0 Å². The van der Waals surface area contributed by atoms with Crippen LogP contribution in [0.25, 0.3) is 0 Å². The minimum absolute atomic E-state index is 0.187. The van der Waals surface area contributed by atoms with Gasteiger partial charge >= 0.3 is 0 Å². The molecule has 1 heterocycles. The summed E-state index contributed by atoms with van der Waals surface area (Å²) in [5.41, 5.74) is 0.918. The van der Waals surface area contributed by atoms with Gasteiger partial charge in [0.2, 0.25) is 0 Å². The number of pyridine rings is 1. The molecule has 0 aromatic carbocycles. The van der Waals surface area contributed by atoms with Gasteiger partial charge in [0, 0.05) is 24.2 Å². The lowest BCUT2D eigenvalue weighted by Crippen LogP contribution is -1.94. The Bertz CT molecular complexity index is 286. The predicted molar refractivity (Wildman–Crippen MR) is 47.9 cm³/mol. The zero-order valence-corrected chi connectivity index (χ0v) is 7.54. The van der Waals surface area contributed by atoms with Crippen LogP contribution in [0.5, 0.6) is 0 Å². The smallest absolute Gasteiger partial charge is 0.0628 e. The Balaban J connectivity index is 2.76. The van der Waals surface area contributed by atoms with Gasteiger partial charge in [0.15, 0.2) is 0 Å². The number of nitriles is 1. The van der Waals surface area contributed by atoms with Gasteiger partial charge in [-0.2, -0.15) is 5.26 Å². The number of hydrogen-bond donors (Lipinski definition) is 0. The van der Waals surface area contributed by atoms with E-state index < -0.39 is 0 Å². The van der Waals surface area contributed by atoms with Crippen molar-refractivity contribution in [2.45, 2.75) is 19.3 Å². The van der Waals surface area contributed by atoms with Crippen molar-refractivity contribution in [2.75, 3.05) is 0 Å². The first kappa shape index (κ1) is 9.02. The van der Waals surface area contributed by atoms with E-state index in [9.17, 15) is 0 Å². The van der Waals surface area contributed by atoms with Crippen molar-refractivity contribution >= 4 is 11.6 Å². The Labute approximate surface area is 76.8 Å². The van der Waals surface area contributed by atoms with Crippen molar-refractivity contribution < 1.29 is 0 Å². The summed E-state index contributed by atoms with van der Waals surface area (Å²) in [6.07, 6.45) is 2.10. The minimum Gasteiger partial charge on any atom is -0.259 e. The quantitative estimate of drug-likeness (QED) is 0.702. The fourth-order valence-corrected chi connectivity index (χ4v) is 1.03. The van der Waals surface area contributed by atoms with Crippen LogP contribution in [0.4, 0.5) is 0 Å². The van der Waals surface area contributed by atoms with Gasteiger partial charge < -0.3 is 0 Å². The highest BCUT2D eigenvalue weighted by atomic mass is 35.5. The third kappa shape index (κ3) is 2.21. The Morgan fingerprint density at radius 1 is 1.67 bits per heavy atom. The van der Waals surface area contributed by atoms with Crippen molar-refractivity contribution in [1.82, 2.24) is 4.98 Å². The molecule has 1 aromatic rings. The molecule has 0 aliphatic rings. The molecule has 1 rings (SSSR count). The fourth-order valence-electron chi connectivity index (χ4n) is 0.920. The molecule has 3 heteroatoms. The molecule has 0 fully saturated rings. The van der Waals surface area contributed by atoms with Crippen LogP contribution in [0.3, 0.4) is 0 Å². The predicted octanol–water partition coefficient (Wildman–Crippen LogP) is 2.75. The normalized spacial score (nSPS) is 12.1.